The Kier molecular flexibility index (Phi) is 6.01. The minimum atomic E-state index is 0.534. The van der Waals surface area contributed by atoms with Crippen LogP contribution in [0.5, 0.6) is 5.75 Å². The molecule has 1 aromatic carbocycles. The number of ether oxygens (including phenoxy) is 2. The van der Waals surface area contributed by atoms with Gasteiger partial charge in [0, 0.05) is 30.2 Å². The lowest BCUT2D eigenvalue weighted by Crippen LogP contribution is -2.21. The number of nitrogens with two attached hydrogens (primary N) is 1. The summed E-state index contributed by atoms with van der Waals surface area (Å²) in [6.07, 6.45) is 2.20. The molecule has 0 spiro atoms. The van der Waals surface area contributed by atoms with Crippen molar-refractivity contribution in [3.05, 3.63) is 23.8 Å². The van der Waals surface area contributed by atoms with Crippen LogP contribution in [-0.2, 0) is 11.3 Å². The molecule has 0 aromatic heterocycles. The zero-order chi connectivity index (χ0) is 13.5. The van der Waals surface area contributed by atoms with E-state index in [4.69, 9.17) is 15.2 Å². The van der Waals surface area contributed by atoms with Crippen molar-refractivity contribution in [2.45, 2.75) is 31.2 Å². The van der Waals surface area contributed by atoms with Crippen molar-refractivity contribution < 1.29 is 9.47 Å². The molecule has 0 unspecified atom stereocenters. The molecule has 1 aliphatic rings. The Hall–Kier alpha value is -0.710. The van der Waals surface area contributed by atoms with Crippen LogP contribution in [0.1, 0.15) is 25.3 Å². The summed E-state index contributed by atoms with van der Waals surface area (Å²) in [5.41, 5.74) is 7.02. The molecule has 0 amide bonds. The van der Waals surface area contributed by atoms with Crippen LogP contribution in [0.25, 0.3) is 0 Å². The average molecular weight is 281 g/mol. The molecule has 4 heteroatoms. The first kappa shape index (κ1) is 14.7. The topological polar surface area (TPSA) is 44.5 Å². The van der Waals surface area contributed by atoms with Crippen molar-refractivity contribution in [1.82, 2.24) is 0 Å². The van der Waals surface area contributed by atoms with Gasteiger partial charge in [0.15, 0.2) is 0 Å². The highest BCUT2D eigenvalue weighted by atomic mass is 32.2. The van der Waals surface area contributed by atoms with Crippen LogP contribution in [0.15, 0.2) is 23.1 Å². The van der Waals surface area contributed by atoms with Gasteiger partial charge >= 0.3 is 0 Å². The molecule has 1 heterocycles. The van der Waals surface area contributed by atoms with E-state index in [1.54, 1.807) is 0 Å². The van der Waals surface area contributed by atoms with E-state index in [1.165, 1.54) is 4.90 Å². The van der Waals surface area contributed by atoms with Crippen LogP contribution in [0.3, 0.4) is 0 Å². The van der Waals surface area contributed by atoms with Gasteiger partial charge in [0.1, 0.15) is 5.75 Å². The molecular weight excluding hydrogens is 258 g/mol. The summed E-state index contributed by atoms with van der Waals surface area (Å²) in [5, 5.41) is 0. The van der Waals surface area contributed by atoms with Crippen LogP contribution in [0.4, 0.5) is 0 Å². The highest BCUT2D eigenvalue weighted by molar-refractivity contribution is 7.99. The molecule has 0 bridgehead atoms. The van der Waals surface area contributed by atoms with Crippen molar-refractivity contribution in [3.8, 4) is 5.75 Å². The molecule has 2 N–H and O–H groups in total. The predicted molar refractivity (Wildman–Crippen MR) is 79.8 cm³/mol. The predicted octanol–water partition coefficient (Wildman–Crippen LogP) is 3.06. The van der Waals surface area contributed by atoms with E-state index in [0.717, 1.165) is 49.7 Å². The standard InChI is InChI=1S/C15H23NO2S/c1-2-19-15-5-3-4-14(13(15)10-16)18-11-12-6-8-17-9-7-12/h3-5,12H,2,6-11,16H2,1H3. The molecule has 106 valence electrons. The number of benzene rings is 1. The maximum absolute atomic E-state index is 6.01. The zero-order valence-electron chi connectivity index (χ0n) is 11.6. The summed E-state index contributed by atoms with van der Waals surface area (Å²) in [4.78, 5) is 1.24. The fourth-order valence-electron chi connectivity index (χ4n) is 2.29. The molecule has 0 saturated carbocycles. The van der Waals surface area contributed by atoms with Crippen molar-refractivity contribution in [1.29, 1.82) is 0 Å². The van der Waals surface area contributed by atoms with Gasteiger partial charge in [-0.2, -0.15) is 0 Å². The summed E-state index contributed by atoms with van der Waals surface area (Å²) in [6, 6.07) is 6.20. The van der Waals surface area contributed by atoms with E-state index >= 15 is 0 Å². The van der Waals surface area contributed by atoms with E-state index in [1.807, 2.05) is 17.8 Å². The van der Waals surface area contributed by atoms with Gasteiger partial charge in [0.25, 0.3) is 0 Å². The number of hydrogen-bond acceptors (Lipinski definition) is 4. The lowest BCUT2D eigenvalue weighted by Gasteiger charge is -2.23. The third-order valence-corrected chi connectivity index (χ3v) is 4.39. The van der Waals surface area contributed by atoms with Gasteiger partial charge in [-0.25, -0.2) is 0 Å². The molecule has 0 aliphatic carbocycles. The first-order chi connectivity index (χ1) is 9.35. The fraction of sp³-hybridized carbons (Fsp3) is 0.600. The summed E-state index contributed by atoms with van der Waals surface area (Å²) in [6.45, 7) is 5.19. The molecule has 3 nitrogen and oxygen atoms in total. The summed E-state index contributed by atoms with van der Waals surface area (Å²) < 4.78 is 11.4. The molecule has 1 fully saturated rings. The van der Waals surface area contributed by atoms with Crippen LogP contribution in [0.2, 0.25) is 0 Å². The Morgan fingerprint density at radius 3 is 2.84 bits per heavy atom. The molecule has 2 rings (SSSR count). The summed E-state index contributed by atoms with van der Waals surface area (Å²) in [7, 11) is 0. The zero-order valence-corrected chi connectivity index (χ0v) is 12.4. The third kappa shape index (κ3) is 4.13. The molecular formula is C15H23NO2S. The van der Waals surface area contributed by atoms with Crippen LogP contribution >= 0.6 is 11.8 Å². The second kappa shape index (κ2) is 7.78. The van der Waals surface area contributed by atoms with E-state index in [0.29, 0.717) is 12.5 Å². The van der Waals surface area contributed by atoms with Crippen molar-refractivity contribution in [3.63, 3.8) is 0 Å². The van der Waals surface area contributed by atoms with Gasteiger partial charge in [0.05, 0.1) is 6.61 Å². The van der Waals surface area contributed by atoms with Crippen LogP contribution in [0, 0.1) is 5.92 Å². The van der Waals surface area contributed by atoms with Gasteiger partial charge in [0.2, 0.25) is 0 Å². The van der Waals surface area contributed by atoms with Gasteiger partial charge in [-0.15, -0.1) is 11.8 Å². The van der Waals surface area contributed by atoms with Crippen LogP contribution < -0.4 is 10.5 Å². The van der Waals surface area contributed by atoms with Gasteiger partial charge in [-0.05, 0) is 36.6 Å². The second-order valence-corrected chi connectivity index (χ2v) is 6.04. The average Bonchev–Trinajstić information content (AvgIpc) is 2.46. The van der Waals surface area contributed by atoms with E-state index in [-0.39, 0.29) is 0 Å². The second-order valence-electron chi connectivity index (χ2n) is 4.74. The minimum Gasteiger partial charge on any atom is -0.493 e. The normalized spacial score (nSPS) is 16.5. The van der Waals surface area contributed by atoms with Crippen LogP contribution in [-0.4, -0.2) is 25.6 Å². The number of hydrogen-bond donors (Lipinski definition) is 1. The smallest absolute Gasteiger partial charge is 0.124 e. The molecule has 0 radical (unpaired) electrons. The summed E-state index contributed by atoms with van der Waals surface area (Å²) in [5.74, 6) is 2.62. The van der Waals surface area contributed by atoms with E-state index in [2.05, 4.69) is 19.1 Å². The highest BCUT2D eigenvalue weighted by Crippen LogP contribution is 2.30. The van der Waals surface area contributed by atoms with E-state index in [9.17, 15) is 0 Å². The Balaban J connectivity index is 2.00. The number of thioether (sulfide) groups is 1. The molecule has 1 aromatic rings. The first-order valence-corrected chi connectivity index (χ1v) is 7.99. The SMILES string of the molecule is CCSc1cccc(OCC2CCOCC2)c1CN. The minimum absolute atomic E-state index is 0.534. The highest BCUT2D eigenvalue weighted by Gasteiger charge is 2.15. The lowest BCUT2D eigenvalue weighted by molar-refractivity contribution is 0.0496. The van der Waals surface area contributed by atoms with Gasteiger partial charge in [-0.3, -0.25) is 0 Å². The number of rotatable bonds is 6. The Bertz CT molecular complexity index is 392. The fourth-order valence-corrected chi connectivity index (χ4v) is 3.14. The third-order valence-electron chi connectivity index (χ3n) is 3.41. The molecule has 19 heavy (non-hydrogen) atoms. The lowest BCUT2D eigenvalue weighted by atomic mass is 10.0. The van der Waals surface area contributed by atoms with Crippen molar-refractivity contribution in [2.24, 2.45) is 11.7 Å². The quantitative estimate of drug-likeness (QED) is 0.814. The molecule has 1 saturated heterocycles. The van der Waals surface area contributed by atoms with E-state index < -0.39 is 0 Å². The Morgan fingerprint density at radius 1 is 1.37 bits per heavy atom. The van der Waals surface area contributed by atoms with Gasteiger partial charge < -0.3 is 15.2 Å². The first-order valence-electron chi connectivity index (χ1n) is 7.00. The monoisotopic (exact) mass is 281 g/mol. The Labute approximate surface area is 119 Å². The molecule has 0 atom stereocenters. The Morgan fingerprint density at radius 2 is 2.16 bits per heavy atom. The van der Waals surface area contributed by atoms with Crippen molar-refractivity contribution >= 4 is 11.8 Å². The largest absolute Gasteiger partial charge is 0.493 e. The van der Waals surface area contributed by atoms with Gasteiger partial charge in [-0.1, -0.05) is 13.0 Å². The summed E-state index contributed by atoms with van der Waals surface area (Å²) >= 11 is 1.82. The molecule has 1 aliphatic heterocycles. The van der Waals surface area contributed by atoms with Crippen molar-refractivity contribution in [2.75, 3.05) is 25.6 Å². The maximum Gasteiger partial charge on any atom is 0.124 e. The maximum atomic E-state index is 6.01.